The molecule has 0 aromatic rings. The molecule has 0 heterocycles. The van der Waals surface area contributed by atoms with Crippen LogP contribution in [0, 0.1) is 0 Å². The van der Waals surface area contributed by atoms with Gasteiger partial charge in [-0.25, -0.2) is 0 Å². The predicted octanol–water partition coefficient (Wildman–Crippen LogP) is 4.69. The summed E-state index contributed by atoms with van der Waals surface area (Å²) < 4.78 is 12.1. The second-order valence-corrected chi connectivity index (χ2v) is 7.32. The van der Waals surface area contributed by atoms with Crippen molar-refractivity contribution in [1.29, 1.82) is 0 Å². The Morgan fingerprint density at radius 3 is 1.53 bits per heavy atom. The van der Waals surface area contributed by atoms with Crippen LogP contribution in [0.1, 0.15) is 73.1 Å². The van der Waals surface area contributed by atoms with Gasteiger partial charge in [0.2, 0.25) is 0 Å². The molecule has 17 heavy (non-hydrogen) atoms. The maximum atomic E-state index is 6.06. The molecule has 0 unspecified atom stereocenters. The number of hydrogen-bond acceptors (Lipinski definition) is 2. The van der Waals surface area contributed by atoms with Gasteiger partial charge in [-0.2, -0.15) is 0 Å². The van der Waals surface area contributed by atoms with Crippen molar-refractivity contribution in [2.75, 3.05) is 13.2 Å². The molecular weight excluding hydrogens is 228 g/mol. The minimum atomic E-state index is -1.13. The quantitative estimate of drug-likeness (QED) is 0.396. The lowest BCUT2D eigenvalue weighted by Gasteiger charge is -2.32. The van der Waals surface area contributed by atoms with Gasteiger partial charge in [0.1, 0.15) is 0 Å². The molecule has 103 valence electrons. The van der Waals surface area contributed by atoms with Crippen molar-refractivity contribution in [3.8, 4) is 0 Å². The third kappa shape index (κ3) is 6.58. The maximum absolute atomic E-state index is 6.06. The van der Waals surface area contributed by atoms with E-state index in [9.17, 15) is 0 Å². The Morgan fingerprint density at radius 2 is 1.24 bits per heavy atom. The monoisotopic (exact) mass is 259 g/mol. The third-order valence-electron chi connectivity index (χ3n) is 3.52. The molecule has 0 amide bonds. The van der Waals surface area contributed by atoms with Gasteiger partial charge in [0.15, 0.2) is 0 Å². The predicted molar refractivity (Wildman–Crippen MR) is 76.4 cm³/mol. The summed E-state index contributed by atoms with van der Waals surface area (Å²) in [7, 11) is -1.13. The third-order valence-corrected chi connectivity index (χ3v) is 6.14. The van der Waals surface area contributed by atoms with Crippen LogP contribution in [0.15, 0.2) is 0 Å². The Labute approximate surface area is 110 Å². The zero-order chi connectivity index (χ0) is 13.1. The van der Waals surface area contributed by atoms with Gasteiger partial charge in [0.05, 0.1) is 0 Å². The van der Waals surface area contributed by atoms with Crippen molar-refractivity contribution in [2.24, 2.45) is 0 Å². The van der Waals surface area contributed by atoms with Crippen LogP contribution in [-0.4, -0.2) is 22.5 Å². The maximum Gasteiger partial charge on any atom is 0.391 e. The van der Waals surface area contributed by atoms with Crippen LogP contribution in [0.5, 0.6) is 0 Å². The van der Waals surface area contributed by atoms with Crippen molar-refractivity contribution in [3.05, 3.63) is 0 Å². The minimum Gasteiger partial charge on any atom is -0.393 e. The van der Waals surface area contributed by atoms with Crippen LogP contribution in [0.4, 0.5) is 0 Å². The van der Waals surface area contributed by atoms with E-state index in [1.807, 2.05) is 0 Å². The van der Waals surface area contributed by atoms with Crippen LogP contribution in [0.3, 0.4) is 0 Å². The van der Waals surface area contributed by atoms with E-state index >= 15 is 0 Å². The van der Waals surface area contributed by atoms with Gasteiger partial charge in [0.25, 0.3) is 0 Å². The van der Waals surface area contributed by atoms with E-state index in [0.717, 1.165) is 38.9 Å². The van der Waals surface area contributed by atoms with Crippen LogP contribution in [-0.2, 0) is 8.85 Å². The van der Waals surface area contributed by atoms with E-state index < -0.39 is 9.28 Å². The van der Waals surface area contributed by atoms with Crippen molar-refractivity contribution >= 4 is 9.28 Å². The van der Waals surface area contributed by atoms with E-state index in [0.29, 0.717) is 0 Å². The van der Waals surface area contributed by atoms with Crippen LogP contribution >= 0.6 is 0 Å². The normalized spacial score (nSPS) is 12.4. The molecule has 0 spiro atoms. The van der Waals surface area contributed by atoms with Gasteiger partial charge in [0, 0.05) is 18.3 Å². The molecule has 0 rings (SSSR count). The summed E-state index contributed by atoms with van der Waals surface area (Å²) in [5, 5.41) is 0.256. The fraction of sp³-hybridized carbons (Fsp3) is 1.00. The van der Waals surface area contributed by atoms with Crippen LogP contribution < -0.4 is 0 Å². The van der Waals surface area contributed by atoms with E-state index in [1.165, 1.54) is 12.8 Å². The second kappa shape index (κ2) is 10.1. The van der Waals surface area contributed by atoms with Crippen molar-refractivity contribution < 1.29 is 8.85 Å². The number of rotatable bonds is 11. The van der Waals surface area contributed by atoms with Gasteiger partial charge >= 0.3 is 9.28 Å². The Hall–Kier alpha value is 0.137. The lowest BCUT2D eigenvalue weighted by Crippen LogP contribution is -2.37. The summed E-state index contributed by atoms with van der Waals surface area (Å²) in [6, 6.07) is 0. The molecule has 0 saturated carbocycles. The number of hydrogen-bond donors (Lipinski definition) is 0. The lowest BCUT2D eigenvalue weighted by atomic mass is 10.1. The van der Waals surface area contributed by atoms with Gasteiger partial charge < -0.3 is 8.85 Å². The standard InChI is InChI=1S/C14H31O2Si/c1-6-10-12-15-17(16-13-11-7-2)14(5,8-3)9-4/h6-13H2,1-5H3. The molecule has 0 saturated heterocycles. The highest BCUT2D eigenvalue weighted by Gasteiger charge is 2.37. The average Bonchev–Trinajstić information content (AvgIpc) is 2.36. The highest BCUT2D eigenvalue weighted by atomic mass is 28.3. The topological polar surface area (TPSA) is 18.5 Å². The molecule has 0 fully saturated rings. The first-order valence-corrected chi connectivity index (χ1v) is 8.59. The molecule has 0 aliphatic heterocycles. The van der Waals surface area contributed by atoms with Gasteiger partial charge in [-0.3, -0.25) is 0 Å². The van der Waals surface area contributed by atoms with E-state index in [-0.39, 0.29) is 5.04 Å². The first-order valence-electron chi connectivity index (χ1n) is 7.27. The molecule has 0 aromatic heterocycles. The molecule has 0 N–H and O–H groups in total. The van der Waals surface area contributed by atoms with E-state index in [1.54, 1.807) is 0 Å². The molecule has 0 aliphatic rings. The first-order chi connectivity index (χ1) is 8.14. The SMILES string of the molecule is CCCCO[Si](OCCCC)C(C)(CC)CC. The zero-order valence-corrected chi connectivity index (χ0v) is 13.5. The van der Waals surface area contributed by atoms with Crippen molar-refractivity contribution in [3.63, 3.8) is 0 Å². The number of unbranched alkanes of at least 4 members (excludes halogenated alkanes) is 2. The molecule has 0 bridgehead atoms. The highest BCUT2D eigenvalue weighted by molar-refractivity contribution is 6.48. The summed E-state index contributed by atoms with van der Waals surface area (Å²) in [4.78, 5) is 0. The molecule has 0 aliphatic carbocycles. The van der Waals surface area contributed by atoms with E-state index in [4.69, 9.17) is 8.85 Å². The zero-order valence-electron chi connectivity index (χ0n) is 12.5. The average molecular weight is 259 g/mol. The molecule has 0 aromatic carbocycles. The molecule has 1 radical (unpaired) electrons. The molecule has 0 atom stereocenters. The summed E-state index contributed by atoms with van der Waals surface area (Å²) in [6.07, 6.45) is 6.98. The van der Waals surface area contributed by atoms with Crippen molar-refractivity contribution in [2.45, 2.75) is 78.2 Å². The Kier molecular flexibility index (Phi) is 10.2. The summed E-state index contributed by atoms with van der Waals surface area (Å²) in [6.45, 7) is 13.0. The summed E-state index contributed by atoms with van der Waals surface area (Å²) in [5.74, 6) is 0. The van der Waals surface area contributed by atoms with Gasteiger partial charge in [-0.15, -0.1) is 0 Å². The Balaban J connectivity index is 4.26. The van der Waals surface area contributed by atoms with Gasteiger partial charge in [-0.1, -0.05) is 47.5 Å². The fourth-order valence-electron chi connectivity index (χ4n) is 1.55. The minimum absolute atomic E-state index is 0.256. The fourth-order valence-corrected chi connectivity index (χ4v) is 3.56. The molecular formula is C14H31O2Si. The van der Waals surface area contributed by atoms with E-state index in [2.05, 4.69) is 34.6 Å². The van der Waals surface area contributed by atoms with Crippen LogP contribution in [0.25, 0.3) is 0 Å². The molecule has 3 heteroatoms. The first kappa shape index (κ1) is 17.1. The smallest absolute Gasteiger partial charge is 0.391 e. The highest BCUT2D eigenvalue weighted by Crippen LogP contribution is 2.38. The Morgan fingerprint density at radius 1 is 0.824 bits per heavy atom. The largest absolute Gasteiger partial charge is 0.393 e. The molecule has 2 nitrogen and oxygen atoms in total. The van der Waals surface area contributed by atoms with Crippen LogP contribution in [0.2, 0.25) is 5.04 Å². The second-order valence-electron chi connectivity index (χ2n) is 4.96. The van der Waals surface area contributed by atoms with Gasteiger partial charge in [-0.05, 0) is 25.7 Å². The Bertz CT molecular complexity index is 160. The lowest BCUT2D eigenvalue weighted by molar-refractivity contribution is 0.165. The summed E-state index contributed by atoms with van der Waals surface area (Å²) in [5.41, 5.74) is 0. The summed E-state index contributed by atoms with van der Waals surface area (Å²) >= 11 is 0. The van der Waals surface area contributed by atoms with Crippen molar-refractivity contribution in [1.82, 2.24) is 0 Å².